The summed E-state index contributed by atoms with van der Waals surface area (Å²) in [6, 6.07) is 5.80. The summed E-state index contributed by atoms with van der Waals surface area (Å²) in [7, 11) is 1.23. The van der Waals surface area contributed by atoms with Crippen LogP contribution in [0.25, 0.3) is 22.3 Å². The molecule has 2 aromatic carbocycles. The molecule has 0 bridgehead atoms. The Hall–Kier alpha value is -3.75. The number of fused-ring (bicyclic) bond motifs is 1. The molecule has 2 fully saturated rings. The summed E-state index contributed by atoms with van der Waals surface area (Å²) < 4.78 is 33.3. The van der Waals surface area contributed by atoms with Crippen molar-refractivity contribution < 1.29 is 84.3 Å². The third-order valence-electron chi connectivity index (χ3n) is 7.54. The Morgan fingerprint density at radius 1 is 0.711 bits per heavy atom. The van der Waals surface area contributed by atoms with E-state index in [4.69, 9.17) is 28.1 Å². The second kappa shape index (κ2) is 12.9. The Balaban J connectivity index is 1.46. The van der Waals surface area contributed by atoms with Crippen LogP contribution in [0.1, 0.15) is 0 Å². The number of rotatable bonds is 8. The van der Waals surface area contributed by atoms with Crippen molar-refractivity contribution in [3.63, 3.8) is 0 Å². The normalized spacial score (nSPS) is 32.0. The lowest BCUT2D eigenvalue weighted by molar-refractivity contribution is -0.323. The monoisotopic (exact) mass is 641 g/mol. The van der Waals surface area contributed by atoms with E-state index >= 15 is 0 Å². The number of hydrogen-bond donors (Lipinski definition) is 11. The Labute approximate surface area is 253 Å². The number of benzene rings is 2. The number of aliphatic hydroxyl groups is 7. The summed E-state index contributed by atoms with van der Waals surface area (Å²) in [5, 5.41) is 112. The van der Waals surface area contributed by atoms with Crippen molar-refractivity contribution in [3.05, 3.63) is 30.3 Å². The summed E-state index contributed by atoms with van der Waals surface area (Å²) in [4.78, 5) is 0. The highest BCUT2D eigenvalue weighted by atomic mass is 16.7. The van der Waals surface area contributed by atoms with Gasteiger partial charge in [-0.2, -0.15) is 0 Å². The van der Waals surface area contributed by atoms with E-state index in [1.165, 1.54) is 25.3 Å². The molecule has 3 aromatic rings. The van der Waals surface area contributed by atoms with Crippen LogP contribution < -0.4 is 9.47 Å². The van der Waals surface area contributed by atoms with Crippen molar-refractivity contribution >= 4 is 11.0 Å². The molecule has 5 rings (SSSR count). The molecule has 11 N–H and O–H groups in total. The number of aromatic hydroxyl groups is 4. The van der Waals surface area contributed by atoms with Gasteiger partial charge < -0.3 is 79.9 Å². The SMILES string of the molecule is COc1cc(-c2[o+]c3cc(O)cc(O)c3cc2O[C@@H]2O[C@H](CO[C@@H]3O[C@H](CO)[C@@H](O)[C@H](O)[C@H]3O)[C@@H](O)[C@H](O)[C@H]2O)cc(O)c1O. The Morgan fingerprint density at radius 3 is 2.02 bits per heavy atom. The van der Waals surface area contributed by atoms with Gasteiger partial charge in [0.2, 0.25) is 17.8 Å². The number of methoxy groups -OCH3 is 1. The van der Waals surface area contributed by atoms with Gasteiger partial charge in [0.05, 0.1) is 32.0 Å². The molecule has 2 aliphatic rings. The summed E-state index contributed by atoms with van der Waals surface area (Å²) in [5.74, 6) is -2.57. The summed E-state index contributed by atoms with van der Waals surface area (Å²) in [6.07, 6.45) is -16.8. The molecule has 0 unspecified atom stereocenters. The van der Waals surface area contributed by atoms with Crippen molar-refractivity contribution in [1.82, 2.24) is 0 Å². The van der Waals surface area contributed by atoms with Crippen molar-refractivity contribution in [2.75, 3.05) is 20.3 Å². The molecule has 0 radical (unpaired) electrons. The van der Waals surface area contributed by atoms with Gasteiger partial charge in [-0.05, 0) is 0 Å². The van der Waals surface area contributed by atoms with Crippen molar-refractivity contribution in [3.8, 4) is 45.8 Å². The number of aliphatic hydroxyl groups excluding tert-OH is 7. The highest BCUT2D eigenvalue weighted by Gasteiger charge is 2.48. The third kappa shape index (κ3) is 6.23. The molecule has 0 saturated carbocycles. The molecule has 3 heterocycles. The van der Waals surface area contributed by atoms with E-state index < -0.39 is 91.9 Å². The number of ether oxygens (including phenoxy) is 5. The molecule has 45 heavy (non-hydrogen) atoms. The second-order valence-electron chi connectivity index (χ2n) is 10.5. The Morgan fingerprint density at radius 2 is 1.36 bits per heavy atom. The van der Waals surface area contributed by atoms with Gasteiger partial charge in [0, 0.05) is 24.3 Å². The van der Waals surface area contributed by atoms with Gasteiger partial charge >= 0.3 is 11.3 Å². The van der Waals surface area contributed by atoms with Gasteiger partial charge in [-0.3, -0.25) is 0 Å². The van der Waals surface area contributed by atoms with Crippen LogP contribution in [0.2, 0.25) is 0 Å². The predicted molar refractivity (Wildman–Crippen MR) is 146 cm³/mol. The molecule has 17 nitrogen and oxygen atoms in total. The number of phenols is 4. The molecular weight excluding hydrogens is 608 g/mol. The van der Waals surface area contributed by atoms with E-state index in [2.05, 4.69) is 0 Å². The van der Waals surface area contributed by atoms with E-state index in [0.717, 1.165) is 12.1 Å². The van der Waals surface area contributed by atoms with Gasteiger partial charge in [0.15, 0.2) is 17.8 Å². The van der Waals surface area contributed by atoms with Crippen LogP contribution in [-0.2, 0) is 14.2 Å². The van der Waals surface area contributed by atoms with Crippen molar-refractivity contribution in [1.29, 1.82) is 0 Å². The molecule has 246 valence electrons. The van der Waals surface area contributed by atoms with E-state index in [1.54, 1.807) is 0 Å². The highest BCUT2D eigenvalue weighted by Crippen LogP contribution is 2.45. The van der Waals surface area contributed by atoms with E-state index in [1.807, 2.05) is 0 Å². The quantitative estimate of drug-likeness (QED) is 0.0957. The molecular formula is C28H33O17+. The van der Waals surface area contributed by atoms with E-state index in [9.17, 15) is 56.2 Å². The first-order chi connectivity index (χ1) is 21.3. The maximum Gasteiger partial charge on any atom is 0.402 e. The lowest BCUT2D eigenvalue weighted by Gasteiger charge is -2.42. The number of phenolic OH excluding ortho intramolecular Hbond substituents is 4. The fourth-order valence-corrected chi connectivity index (χ4v) is 5.02. The van der Waals surface area contributed by atoms with E-state index in [0.29, 0.717) is 0 Å². The summed E-state index contributed by atoms with van der Waals surface area (Å²) >= 11 is 0. The van der Waals surface area contributed by atoms with Gasteiger partial charge in [0.1, 0.15) is 65.7 Å². The van der Waals surface area contributed by atoms with E-state index in [-0.39, 0.29) is 39.5 Å². The first-order valence-corrected chi connectivity index (χ1v) is 13.6. The molecule has 2 aliphatic heterocycles. The molecule has 17 heteroatoms. The minimum atomic E-state index is -1.89. The fraction of sp³-hybridized carbons (Fsp3) is 0.464. The summed E-state index contributed by atoms with van der Waals surface area (Å²) in [5.41, 5.74) is 0.00280. The van der Waals surface area contributed by atoms with Gasteiger partial charge in [-0.15, -0.1) is 0 Å². The van der Waals surface area contributed by atoms with Crippen LogP contribution >= 0.6 is 0 Å². The number of hydrogen-bond acceptors (Lipinski definition) is 16. The Bertz CT molecular complexity index is 1510. The molecule has 2 saturated heterocycles. The van der Waals surface area contributed by atoms with Gasteiger partial charge in [0.25, 0.3) is 0 Å². The largest absolute Gasteiger partial charge is 0.507 e. The van der Waals surface area contributed by atoms with Crippen LogP contribution in [0.5, 0.6) is 34.5 Å². The van der Waals surface area contributed by atoms with Crippen LogP contribution in [0.4, 0.5) is 0 Å². The van der Waals surface area contributed by atoms with Gasteiger partial charge in [-0.25, -0.2) is 4.42 Å². The molecule has 0 spiro atoms. The zero-order chi connectivity index (χ0) is 32.7. The van der Waals surface area contributed by atoms with Crippen molar-refractivity contribution in [2.45, 2.75) is 61.4 Å². The van der Waals surface area contributed by atoms with Crippen LogP contribution in [0, 0.1) is 0 Å². The lowest BCUT2D eigenvalue weighted by Crippen LogP contribution is -2.62. The maximum absolute atomic E-state index is 10.7. The first kappa shape index (κ1) is 32.6. The zero-order valence-electron chi connectivity index (χ0n) is 23.4. The average molecular weight is 642 g/mol. The third-order valence-corrected chi connectivity index (χ3v) is 7.54. The Kier molecular flexibility index (Phi) is 9.38. The molecule has 10 atom stereocenters. The highest BCUT2D eigenvalue weighted by molar-refractivity contribution is 5.88. The predicted octanol–water partition coefficient (Wildman–Crippen LogP) is -1.79. The van der Waals surface area contributed by atoms with Crippen LogP contribution in [0.3, 0.4) is 0 Å². The van der Waals surface area contributed by atoms with Gasteiger partial charge in [-0.1, -0.05) is 0 Å². The zero-order valence-corrected chi connectivity index (χ0v) is 23.4. The maximum atomic E-state index is 10.7. The fourth-order valence-electron chi connectivity index (χ4n) is 5.02. The summed E-state index contributed by atoms with van der Waals surface area (Å²) in [6.45, 7) is -1.33. The smallest absolute Gasteiger partial charge is 0.402 e. The standard InChI is InChI=1S/C28H32O17/c1-40-15-3-9(2-13(32)19(15)33)26-16(6-11-12(31)4-10(30)5-14(11)42-26)43-28-25(39)23(37)21(35)18(45-28)8-41-27-24(38)22(36)20(34)17(7-29)44-27/h2-6,17-18,20-25,27-29,34-39H,7-8H2,1H3,(H3-,30,31,32,33)/p+1/t17-,18-,20-,21-,22+,23+,24-,25-,27-,28-/m1/s1. The lowest BCUT2D eigenvalue weighted by atomic mass is 9.98. The first-order valence-electron chi connectivity index (χ1n) is 13.6. The van der Waals surface area contributed by atoms with Crippen molar-refractivity contribution in [2.24, 2.45) is 0 Å². The second-order valence-corrected chi connectivity index (χ2v) is 10.5. The minimum absolute atomic E-state index is 0.0231. The average Bonchev–Trinajstić information content (AvgIpc) is 3.01. The topological polar surface area (TPSA) is 280 Å². The molecule has 0 amide bonds. The molecule has 1 aromatic heterocycles. The molecule has 0 aliphatic carbocycles. The van der Waals surface area contributed by atoms with Crippen LogP contribution in [0.15, 0.2) is 34.7 Å². The van der Waals surface area contributed by atoms with Crippen LogP contribution in [-0.4, -0.2) is 138 Å². The minimum Gasteiger partial charge on any atom is -0.507 e.